The van der Waals surface area contributed by atoms with Gasteiger partial charge < -0.3 is 14.8 Å². The van der Waals surface area contributed by atoms with Crippen LogP contribution in [0.1, 0.15) is 47.7 Å². The number of benzene rings is 2. The molecule has 0 aromatic heterocycles. The number of hydrogen-bond donors (Lipinski definition) is 1. The zero-order chi connectivity index (χ0) is 22.7. The lowest BCUT2D eigenvalue weighted by Crippen LogP contribution is -2.42. The van der Waals surface area contributed by atoms with E-state index in [1.54, 1.807) is 16.4 Å². The molecule has 32 heavy (non-hydrogen) atoms. The summed E-state index contributed by atoms with van der Waals surface area (Å²) in [5.41, 5.74) is 2.16. The van der Waals surface area contributed by atoms with Gasteiger partial charge in [0.25, 0.3) is 5.91 Å². The minimum absolute atomic E-state index is 0.0293. The minimum atomic E-state index is -3.63. The number of carbonyl (C=O) groups is 1. The van der Waals surface area contributed by atoms with Crippen LogP contribution in [0.15, 0.2) is 41.3 Å². The first-order valence-electron chi connectivity index (χ1n) is 11.2. The summed E-state index contributed by atoms with van der Waals surface area (Å²) < 4.78 is 39.0. The quantitative estimate of drug-likeness (QED) is 0.718. The molecule has 172 valence electrons. The molecule has 1 saturated heterocycles. The summed E-state index contributed by atoms with van der Waals surface area (Å²) in [6.45, 7) is 5.79. The Kier molecular flexibility index (Phi) is 6.71. The zero-order valence-corrected chi connectivity index (χ0v) is 19.4. The Morgan fingerprint density at radius 3 is 2.66 bits per heavy atom. The van der Waals surface area contributed by atoms with Gasteiger partial charge in [0.15, 0.2) is 11.5 Å². The molecule has 0 aliphatic carbocycles. The number of nitrogens with one attached hydrogen (secondary N) is 1. The molecule has 7 nitrogen and oxygen atoms in total. The summed E-state index contributed by atoms with van der Waals surface area (Å²) in [6, 6.07) is 10.5. The standard InChI is InChI=1S/C24H30N2O5S/c1-17-6-8-20(32(28,29)26-12-4-3-5-18(26)2)16-21(17)24(27)25-11-10-19-7-9-22-23(15-19)31-14-13-30-22/h6-9,15-16,18H,3-5,10-14H2,1-2H3,(H,25,27)/t18-/m0/s1. The Morgan fingerprint density at radius 1 is 1.09 bits per heavy atom. The van der Waals surface area contributed by atoms with Gasteiger partial charge in [0.05, 0.1) is 4.90 Å². The first kappa shape index (κ1) is 22.6. The Balaban J connectivity index is 1.43. The third-order valence-corrected chi connectivity index (χ3v) is 8.12. The Hall–Kier alpha value is -2.58. The van der Waals surface area contributed by atoms with Crippen molar-refractivity contribution in [2.24, 2.45) is 0 Å². The SMILES string of the molecule is Cc1ccc(S(=O)(=O)N2CCCC[C@@H]2C)cc1C(=O)NCCc1ccc2c(c1)OCCO2. The fraction of sp³-hybridized carbons (Fsp3) is 0.458. The number of amides is 1. The van der Waals surface area contributed by atoms with Gasteiger partial charge >= 0.3 is 0 Å². The molecule has 4 rings (SSSR count). The maximum absolute atomic E-state index is 13.2. The number of ether oxygens (including phenoxy) is 2. The first-order chi connectivity index (χ1) is 15.4. The molecule has 1 N–H and O–H groups in total. The summed E-state index contributed by atoms with van der Waals surface area (Å²) in [6.07, 6.45) is 3.39. The van der Waals surface area contributed by atoms with Gasteiger partial charge in [-0.05, 0) is 68.5 Å². The highest BCUT2D eigenvalue weighted by Crippen LogP contribution is 2.31. The van der Waals surface area contributed by atoms with Crippen LogP contribution in [0, 0.1) is 6.92 Å². The molecule has 1 fully saturated rings. The van der Waals surface area contributed by atoms with Crippen LogP contribution in [0.4, 0.5) is 0 Å². The van der Waals surface area contributed by atoms with Gasteiger partial charge in [-0.2, -0.15) is 4.31 Å². The lowest BCUT2D eigenvalue weighted by molar-refractivity contribution is 0.0953. The van der Waals surface area contributed by atoms with Crippen LogP contribution < -0.4 is 14.8 Å². The highest BCUT2D eigenvalue weighted by molar-refractivity contribution is 7.89. The van der Waals surface area contributed by atoms with Crippen LogP contribution >= 0.6 is 0 Å². The molecular weight excluding hydrogens is 428 g/mol. The number of aryl methyl sites for hydroxylation is 1. The van der Waals surface area contributed by atoms with Crippen molar-refractivity contribution in [3.8, 4) is 11.5 Å². The highest BCUT2D eigenvalue weighted by atomic mass is 32.2. The molecule has 1 amide bonds. The second kappa shape index (κ2) is 9.50. The van der Waals surface area contributed by atoms with Gasteiger partial charge in [0.2, 0.25) is 10.0 Å². The molecule has 0 unspecified atom stereocenters. The van der Waals surface area contributed by atoms with Crippen LogP contribution in [-0.2, 0) is 16.4 Å². The molecule has 0 bridgehead atoms. The van der Waals surface area contributed by atoms with Gasteiger partial charge in [-0.3, -0.25) is 4.79 Å². The number of carbonyl (C=O) groups excluding carboxylic acids is 1. The fourth-order valence-corrected chi connectivity index (χ4v) is 5.96. The largest absolute Gasteiger partial charge is 0.486 e. The number of rotatable bonds is 6. The van der Waals surface area contributed by atoms with Crippen molar-refractivity contribution in [3.63, 3.8) is 0 Å². The van der Waals surface area contributed by atoms with E-state index in [0.29, 0.717) is 38.3 Å². The maximum atomic E-state index is 13.2. The number of piperidine rings is 1. The second-order valence-corrected chi connectivity index (χ2v) is 10.3. The van der Waals surface area contributed by atoms with Crippen molar-refractivity contribution in [2.75, 3.05) is 26.3 Å². The summed E-state index contributed by atoms with van der Waals surface area (Å²) in [5, 5.41) is 2.92. The van der Waals surface area contributed by atoms with Gasteiger partial charge in [0, 0.05) is 24.7 Å². The van der Waals surface area contributed by atoms with E-state index in [1.807, 2.05) is 32.0 Å². The summed E-state index contributed by atoms with van der Waals surface area (Å²) in [5.74, 6) is 1.19. The lowest BCUT2D eigenvalue weighted by Gasteiger charge is -2.32. The molecule has 0 radical (unpaired) electrons. The molecule has 2 heterocycles. The van der Waals surface area contributed by atoms with Crippen molar-refractivity contribution in [1.82, 2.24) is 9.62 Å². The van der Waals surface area contributed by atoms with E-state index in [-0.39, 0.29) is 16.8 Å². The third kappa shape index (κ3) is 4.76. The van der Waals surface area contributed by atoms with Crippen molar-refractivity contribution in [2.45, 2.75) is 50.5 Å². The zero-order valence-electron chi connectivity index (χ0n) is 18.6. The Labute approximate surface area is 189 Å². The Bertz CT molecular complexity index is 1100. The van der Waals surface area contributed by atoms with Crippen molar-refractivity contribution >= 4 is 15.9 Å². The predicted octanol–water partition coefficient (Wildman–Crippen LogP) is 3.30. The van der Waals surface area contributed by atoms with Crippen molar-refractivity contribution in [1.29, 1.82) is 0 Å². The van der Waals surface area contributed by atoms with Crippen LogP contribution in [0.25, 0.3) is 0 Å². The van der Waals surface area contributed by atoms with Crippen LogP contribution in [-0.4, -0.2) is 51.0 Å². The maximum Gasteiger partial charge on any atom is 0.251 e. The van der Waals surface area contributed by atoms with Crippen LogP contribution in [0.5, 0.6) is 11.5 Å². The fourth-order valence-electron chi connectivity index (χ4n) is 4.23. The topological polar surface area (TPSA) is 84.9 Å². The van der Waals surface area contributed by atoms with Gasteiger partial charge in [-0.15, -0.1) is 0 Å². The smallest absolute Gasteiger partial charge is 0.251 e. The normalized spacial score (nSPS) is 18.9. The number of fused-ring (bicyclic) bond motifs is 1. The monoisotopic (exact) mass is 458 g/mol. The molecule has 0 spiro atoms. The number of hydrogen-bond acceptors (Lipinski definition) is 5. The van der Waals surface area contributed by atoms with Crippen LogP contribution in [0.2, 0.25) is 0 Å². The van der Waals surface area contributed by atoms with Crippen molar-refractivity contribution < 1.29 is 22.7 Å². The van der Waals surface area contributed by atoms with Gasteiger partial charge in [0.1, 0.15) is 13.2 Å². The van der Waals surface area contributed by atoms with E-state index >= 15 is 0 Å². The molecule has 0 saturated carbocycles. The number of nitrogens with zero attached hydrogens (tertiary/aromatic N) is 1. The predicted molar refractivity (Wildman–Crippen MR) is 122 cm³/mol. The number of sulfonamides is 1. The van der Waals surface area contributed by atoms with E-state index in [2.05, 4.69) is 5.32 Å². The van der Waals surface area contributed by atoms with E-state index in [1.165, 1.54) is 6.07 Å². The highest BCUT2D eigenvalue weighted by Gasteiger charge is 2.31. The van der Waals surface area contributed by atoms with E-state index in [9.17, 15) is 13.2 Å². The average Bonchev–Trinajstić information content (AvgIpc) is 2.79. The lowest BCUT2D eigenvalue weighted by atomic mass is 10.1. The third-order valence-electron chi connectivity index (χ3n) is 6.11. The Morgan fingerprint density at radius 2 is 1.88 bits per heavy atom. The van der Waals surface area contributed by atoms with E-state index < -0.39 is 10.0 Å². The van der Waals surface area contributed by atoms with Crippen LogP contribution in [0.3, 0.4) is 0 Å². The summed E-state index contributed by atoms with van der Waals surface area (Å²) in [7, 11) is -3.63. The first-order valence-corrected chi connectivity index (χ1v) is 12.6. The van der Waals surface area contributed by atoms with Gasteiger partial charge in [-0.25, -0.2) is 8.42 Å². The van der Waals surface area contributed by atoms with Crippen molar-refractivity contribution in [3.05, 3.63) is 53.1 Å². The summed E-state index contributed by atoms with van der Waals surface area (Å²) >= 11 is 0. The molecule has 2 aliphatic rings. The van der Waals surface area contributed by atoms with E-state index in [0.717, 1.165) is 41.9 Å². The molecule has 1 atom stereocenters. The second-order valence-electron chi connectivity index (χ2n) is 8.42. The molecule has 2 aromatic rings. The minimum Gasteiger partial charge on any atom is -0.486 e. The molecular formula is C24H30N2O5S. The average molecular weight is 459 g/mol. The van der Waals surface area contributed by atoms with E-state index in [4.69, 9.17) is 9.47 Å². The molecule has 8 heteroatoms. The summed E-state index contributed by atoms with van der Waals surface area (Å²) in [4.78, 5) is 13.0. The molecule has 2 aliphatic heterocycles. The van der Waals surface area contributed by atoms with Gasteiger partial charge in [-0.1, -0.05) is 18.6 Å². The molecule has 2 aromatic carbocycles.